The lowest BCUT2D eigenvalue weighted by molar-refractivity contribution is -0.131. The quantitative estimate of drug-likeness (QED) is 0.0398. The largest absolute Gasteiger partial charge is 0.396 e. The molecular formula is C47H75N7O7. The Morgan fingerprint density at radius 1 is 0.984 bits per heavy atom. The highest BCUT2D eigenvalue weighted by molar-refractivity contribution is 5.87. The second-order valence-electron chi connectivity index (χ2n) is 16.5. The lowest BCUT2D eigenvalue weighted by Gasteiger charge is -2.46. The van der Waals surface area contributed by atoms with E-state index in [4.69, 9.17) is 30.5 Å². The first kappa shape index (κ1) is 50.9. The summed E-state index contributed by atoms with van der Waals surface area (Å²) in [6, 6.07) is 7.33. The number of hydrogen-bond donors (Lipinski definition) is 5. The van der Waals surface area contributed by atoms with Gasteiger partial charge in [0.1, 0.15) is 12.3 Å². The van der Waals surface area contributed by atoms with Gasteiger partial charge in [0.05, 0.1) is 64.2 Å². The molecule has 0 radical (unpaired) electrons. The van der Waals surface area contributed by atoms with E-state index < -0.39 is 6.04 Å². The number of nitrogens with one attached hydrogen (secondary N) is 3. The van der Waals surface area contributed by atoms with E-state index in [0.29, 0.717) is 88.2 Å². The van der Waals surface area contributed by atoms with Crippen molar-refractivity contribution in [3.05, 3.63) is 89.9 Å². The number of nitrogens with two attached hydrogens (primary N) is 2. The van der Waals surface area contributed by atoms with Crippen LogP contribution in [-0.2, 0) is 39.9 Å². The van der Waals surface area contributed by atoms with Gasteiger partial charge in [-0.3, -0.25) is 9.59 Å². The summed E-state index contributed by atoms with van der Waals surface area (Å²) in [7, 11) is 5.33. The normalized spacial score (nSPS) is 23.8. The first-order valence-corrected chi connectivity index (χ1v) is 21.8. The lowest BCUT2D eigenvalue weighted by Crippen LogP contribution is -2.51. The van der Waals surface area contributed by atoms with E-state index in [1.165, 1.54) is 32.8 Å². The zero-order valence-electron chi connectivity index (χ0n) is 37.6. The van der Waals surface area contributed by atoms with Crippen LogP contribution in [0.1, 0.15) is 69.9 Å². The van der Waals surface area contributed by atoms with Crippen molar-refractivity contribution in [2.24, 2.45) is 41.2 Å². The maximum absolute atomic E-state index is 13.1. The molecule has 2 bridgehead atoms. The van der Waals surface area contributed by atoms with Crippen LogP contribution in [0.15, 0.2) is 78.8 Å². The maximum Gasteiger partial charge on any atom is 0.244 e. The smallest absolute Gasteiger partial charge is 0.244 e. The van der Waals surface area contributed by atoms with Gasteiger partial charge < -0.3 is 55.3 Å². The van der Waals surface area contributed by atoms with Crippen LogP contribution in [0.4, 0.5) is 0 Å². The van der Waals surface area contributed by atoms with Crippen molar-refractivity contribution in [2.75, 3.05) is 80.5 Å². The third-order valence-corrected chi connectivity index (χ3v) is 11.8. The predicted octanol–water partition coefficient (Wildman–Crippen LogP) is 4.66. The highest BCUT2D eigenvalue weighted by Crippen LogP contribution is 2.47. The van der Waals surface area contributed by atoms with E-state index in [0.717, 1.165) is 52.6 Å². The van der Waals surface area contributed by atoms with E-state index in [2.05, 4.69) is 60.5 Å². The van der Waals surface area contributed by atoms with Gasteiger partial charge in [-0.15, -0.1) is 0 Å². The molecule has 2 fully saturated rings. The van der Waals surface area contributed by atoms with Crippen molar-refractivity contribution in [1.82, 2.24) is 25.9 Å². The lowest BCUT2D eigenvalue weighted by atomic mass is 9.60. The molecule has 4 rings (SSSR count). The van der Waals surface area contributed by atoms with Gasteiger partial charge in [0, 0.05) is 69.7 Å². The molecule has 2 saturated carbocycles. The molecule has 61 heavy (non-hydrogen) atoms. The van der Waals surface area contributed by atoms with Crippen LogP contribution >= 0.6 is 0 Å². The number of rotatable bonds is 25. The minimum Gasteiger partial charge on any atom is -0.396 e. The Labute approximate surface area is 365 Å². The zero-order chi connectivity index (χ0) is 44.7. The highest BCUT2D eigenvalue weighted by Gasteiger charge is 2.40. The molecule has 0 aromatic heterocycles. The van der Waals surface area contributed by atoms with Crippen LogP contribution in [0, 0.1) is 29.6 Å². The topological polar surface area (TPSA) is 183 Å². The van der Waals surface area contributed by atoms with Gasteiger partial charge in [-0.05, 0) is 73.3 Å². The van der Waals surface area contributed by atoms with Crippen molar-refractivity contribution in [3.63, 3.8) is 0 Å². The minimum atomic E-state index is -0.741. The fourth-order valence-electron chi connectivity index (χ4n) is 8.81. The number of benzene rings is 1. The van der Waals surface area contributed by atoms with E-state index in [-0.39, 0.29) is 31.4 Å². The number of carbonyl (C=O) groups excluding carboxylic acids is 3. The van der Waals surface area contributed by atoms with Crippen molar-refractivity contribution in [3.8, 4) is 0 Å². The maximum atomic E-state index is 13.1. The number of hydrogen-bond acceptors (Lipinski definition) is 12. The summed E-state index contributed by atoms with van der Waals surface area (Å²) in [6.07, 6.45) is 10.9. The van der Waals surface area contributed by atoms with Crippen LogP contribution < -0.4 is 27.5 Å². The number of likely N-dealkylation sites (N-methyl/N-ethyl adjacent to an activating group) is 1. The molecule has 0 saturated heterocycles. The number of aldehydes is 1. The number of allylic oxidation sites excluding steroid dienone is 3. The Bertz CT molecular complexity index is 1640. The van der Waals surface area contributed by atoms with Gasteiger partial charge in [-0.2, -0.15) is 0 Å². The number of carbonyl (C=O) groups is 3. The molecule has 340 valence electrons. The van der Waals surface area contributed by atoms with Gasteiger partial charge >= 0.3 is 0 Å². The summed E-state index contributed by atoms with van der Waals surface area (Å²) in [5.74, 6) is 9.44. The van der Waals surface area contributed by atoms with Gasteiger partial charge in [-0.25, -0.2) is 5.84 Å². The van der Waals surface area contributed by atoms with E-state index >= 15 is 0 Å². The fraction of sp³-hybridized carbons (Fsp3) is 0.596. The SMILES string of the molecule is C=C(CCC=O)NC.C=CC1=C(\C=C)N(C)Cc2ccccc2/C(N(N)CCOCCOCCOCCC(=O)NC(COC)C(=O)NCC2C(C)CC3CC(C)CC2C3)=C\1N. The minimum absolute atomic E-state index is 0.113. The van der Waals surface area contributed by atoms with E-state index in [1.807, 2.05) is 25.2 Å². The molecule has 0 spiro atoms. The number of hydrazine groups is 1. The molecule has 14 nitrogen and oxygen atoms in total. The standard InChI is InChI=1S/C41H64N6O6.C6H11NO/c1-7-33-37(8-2)46(5)26-31-11-9-10-12-34(31)40(39(33)42)47(43)14-16-52-18-20-53-19-17-51-15-13-38(48)45-36(27-50-6)41(49)44-25-35-29(4)23-30-21-28(3)22-32(35)24-30;1-6(7-2)4-3-5-8/h7-12,28-30,32,35-36H,1-2,13-27,42-43H2,3-6H3,(H,44,49)(H,45,48);5,7H,1,3-4H2,2H3/b37-33-,40-39-;. The first-order chi connectivity index (χ1) is 29.4. The number of amides is 2. The summed E-state index contributed by atoms with van der Waals surface area (Å²) in [5, 5.41) is 10.4. The fourth-order valence-corrected chi connectivity index (χ4v) is 8.81. The Balaban J connectivity index is 0.00000112. The average molecular weight is 850 g/mol. The highest BCUT2D eigenvalue weighted by atomic mass is 16.5. The Hall–Kier alpha value is -4.47. The molecule has 1 aromatic rings. The molecular weight excluding hydrogens is 775 g/mol. The van der Waals surface area contributed by atoms with Crippen LogP contribution in [0.25, 0.3) is 5.70 Å². The van der Waals surface area contributed by atoms with Gasteiger partial charge in [0.15, 0.2) is 0 Å². The van der Waals surface area contributed by atoms with Crippen LogP contribution in [0.5, 0.6) is 0 Å². The van der Waals surface area contributed by atoms with Crippen molar-refractivity contribution in [1.29, 1.82) is 0 Å². The van der Waals surface area contributed by atoms with Crippen molar-refractivity contribution >= 4 is 23.8 Å². The van der Waals surface area contributed by atoms with Crippen LogP contribution in [-0.4, -0.2) is 115 Å². The van der Waals surface area contributed by atoms with Gasteiger partial charge in [-0.1, -0.05) is 63.9 Å². The van der Waals surface area contributed by atoms with E-state index in [1.54, 1.807) is 24.2 Å². The second kappa shape index (κ2) is 27.5. The third-order valence-electron chi connectivity index (χ3n) is 11.8. The molecule has 6 unspecified atom stereocenters. The Morgan fingerprint density at radius 2 is 1.67 bits per heavy atom. The molecule has 1 aliphatic heterocycles. The van der Waals surface area contributed by atoms with Crippen molar-refractivity contribution in [2.45, 2.75) is 71.4 Å². The number of ether oxygens (including phenoxy) is 4. The summed E-state index contributed by atoms with van der Waals surface area (Å²) in [4.78, 5) is 37.5. The van der Waals surface area contributed by atoms with Crippen LogP contribution in [0.2, 0.25) is 0 Å². The molecule has 7 N–H and O–H groups in total. The number of fused-ring (bicyclic) bond motifs is 3. The van der Waals surface area contributed by atoms with Crippen LogP contribution in [0.3, 0.4) is 0 Å². The average Bonchev–Trinajstić information content (AvgIpc) is 3.23. The second-order valence-corrected chi connectivity index (χ2v) is 16.5. The van der Waals surface area contributed by atoms with Gasteiger partial charge in [0.25, 0.3) is 0 Å². The summed E-state index contributed by atoms with van der Waals surface area (Å²) >= 11 is 0. The summed E-state index contributed by atoms with van der Waals surface area (Å²) in [6.45, 7) is 20.2. The predicted molar refractivity (Wildman–Crippen MR) is 242 cm³/mol. The Morgan fingerprint density at radius 3 is 2.33 bits per heavy atom. The molecule has 1 aromatic carbocycles. The monoisotopic (exact) mass is 850 g/mol. The van der Waals surface area contributed by atoms with Crippen molar-refractivity contribution < 1.29 is 33.3 Å². The summed E-state index contributed by atoms with van der Waals surface area (Å²) in [5.41, 5.74) is 12.6. The Kier molecular flexibility index (Phi) is 22.9. The molecule has 3 aliphatic rings. The molecule has 1 heterocycles. The number of nitrogens with zero attached hydrogens (tertiary/aromatic N) is 2. The third kappa shape index (κ3) is 16.4. The molecule has 2 amide bonds. The summed E-state index contributed by atoms with van der Waals surface area (Å²) < 4.78 is 22.3. The van der Waals surface area contributed by atoms with Gasteiger partial charge in [0.2, 0.25) is 11.8 Å². The first-order valence-electron chi connectivity index (χ1n) is 21.8. The van der Waals surface area contributed by atoms with E-state index in [9.17, 15) is 14.4 Å². The molecule has 14 heteroatoms. The number of methoxy groups -OCH3 is 1. The molecule has 6 atom stereocenters. The molecule has 2 aliphatic carbocycles. The zero-order valence-corrected chi connectivity index (χ0v) is 37.6.